The van der Waals surface area contributed by atoms with Crippen LogP contribution in [0.15, 0.2) is 42.6 Å². The monoisotopic (exact) mass is 599 g/mol. The zero-order valence-corrected chi connectivity index (χ0v) is 23.6. The SMILES string of the molecule is CNC(C)C.Cc1cc(C#N)cc(C=O)c1NC(=O)c1cnc(Cn2nnc(C(F)(F)F)n2)nc1-c1ccccc1Cl. The third-order valence-corrected chi connectivity index (χ3v) is 5.97. The van der Waals surface area contributed by atoms with Gasteiger partial charge in [-0.25, -0.2) is 9.97 Å². The van der Waals surface area contributed by atoms with E-state index in [-0.39, 0.29) is 45.5 Å². The Kier molecular flexibility index (Phi) is 10.4. The molecule has 0 atom stereocenters. The van der Waals surface area contributed by atoms with Crippen molar-refractivity contribution in [3.8, 4) is 17.3 Å². The molecule has 0 fully saturated rings. The Bertz CT molecular complexity index is 1630. The van der Waals surface area contributed by atoms with Gasteiger partial charge in [-0.1, -0.05) is 43.6 Å². The first kappa shape index (κ1) is 31.8. The fraction of sp³-hybridized carbons (Fsp3) is 0.259. The molecule has 11 nitrogen and oxygen atoms in total. The second-order valence-electron chi connectivity index (χ2n) is 9.05. The number of carbonyl (C=O) groups excluding carboxylic acids is 2. The molecule has 0 unspecified atom stereocenters. The molecular formula is C27H25ClF3N9O2. The van der Waals surface area contributed by atoms with Crippen LogP contribution in [-0.2, 0) is 12.7 Å². The molecule has 0 radical (unpaired) electrons. The van der Waals surface area contributed by atoms with Crippen LogP contribution in [0.2, 0.25) is 5.02 Å². The normalized spacial score (nSPS) is 11.0. The summed E-state index contributed by atoms with van der Waals surface area (Å²) in [4.78, 5) is 34.0. The van der Waals surface area contributed by atoms with Crippen LogP contribution in [0.4, 0.5) is 18.9 Å². The summed E-state index contributed by atoms with van der Waals surface area (Å²) in [6.45, 7) is 5.48. The predicted octanol–water partition coefficient (Wildman–Crippen LogP) is 4.71. The Labute approximate surface area is 243 Å². The zero-order chi connectivity index (χ0) is 31.0. The standard InChI is InChI=1S/C23H14ClF3N8O2.C4H11N/c1-12-6-13(8-28)7-14(11-36)19(12)31-21(37)16-9-29-18(10-35-33-22(32-34-35)23(25,26)27)30-20(16)15-4-2-3-5-17(15)24;1-4(2)5-3/h2-7,9,11H,10H2,1H3,(H,31,37);4-5H,1-3H3. The molecule has 0 saturated heterocycles. The molecule has 2 heterocycles. The van der Waals surface area contributed by atoms with Crippen molar-refractivity contribution in [3.05, 3.63) is 81.5 Å². The van der Waals surface area contributed by atoms with E-state index in [0.717, 1.165) is 0 Å². The highest BCUT2D eigenvalue weighted by molar-refractivity contribution is 6.33. The summed E-state index contributed by atoms with van der Waals surface area (Å²) >= 11 is 6.33. The van der Waals surface area contributed by atoms with E-state index in [9.17, 15) is 22.8 Å². The lowest BCUT2D eigenvalue weighted by Crippen LogP contribution is -2.18. The molecule has 218 valence electrons. The Morgan fingerprint density at radius 2 is 1.93 bits per heavy atom. The third kappa shape index (κ3) is 7.93. The lowest BCUT2D eigenvalue weighted by molar-refractivity contribution is -0.145. The summed E-state index contributed by atoms with van der Waals surface area (Å²) in [5.74, 6) is -2.12. The maximum Gasteiger partial charge on any atom is 0.455 e. The third-order valence-electron chi connectivity index (χ3n) is 5.64. The number of carbonyl (C=O) groups is 2. The van der Waals surface area contributed by atoms with E-state index in [4.69, 9.17) is 16.9 Å². The number of hydrogen-bond acceptors (Lipinski definition) is 9. The summed E-state index contributed by atoms with van der Waals surface area (Å²) in [6, 6.07) is 11.9. The summed E-state index contributed by atoms with van der Waals surface area (Å²) in [5, 5.41) is 24.7. The number of halogens is 4. The van der Waals surface area contributed by atoms with Gasteiger partial charge in [0.15, 0.2) is 12.1 Å². The molecule has 0 aliphatic heterocycles. The molecule has 2 N–H and O–H groups in total. The molecule has 0 saturated carbocycles. The van der Waals surface area contributed by atoms with E-state index in [0.29, 0.717) is 28.3 Å². The van der Waals surface area contributed by atoms with E-state index in [1.807, 2.05) is 13.1 Å². The fourth-order valence-corrected chi connectivity index (χ4v) is 3.62. The number of alkyl halides is 3. The first-order chi connectivity index (χ1) is 19.9. The van der Waals surface area contributed by atoms with Crippen LogP contribution < -0.4 is 10.6 Å². The number of nitrogens with one attached hydrogen (secondary N) is 2. The van der Waals surface area contributed by atoms with Gasteiger partial charge in [-0.05, 0) is 42.9 Å². The van der Waals surface area contributed by atoms with Crippen LogP contribution in [0.25, 0.3) is 11.3 Å². The van der Waals surface area contributed by atoms with E-state index in [1.54, 1.807) is 31.2 Å². The van der Waals surface area contributed by atoms with Crippen molar-refractivity contribution in [1.29, 1.82) is 5.26 Å². The number of rotatable bonds is 7. The summed E-state index contributed by atoms with van der Waals surface area (Å²) in [7, 11) is 1.95. The highest BCUT2D eigenvalue weighted by atomic mass is 35.5. The molecule has 4 rings (SSSR count). The van der Waals surface area contributed by atoms with Crippen LogP contribution >= 0.6 is 11.6 Å². The average Bonchev–Trinajstić information content (AvgIpc) is 3.43. The minimum Gasteiger partial charge on any atom is -0.321 e. The minimum atomic E-state index is -4.77. The summed E-state index contributed by atoms with van der Waals surface area (Å²) in [5.41, 5.74) is 1.43. The number of hydrogen-bond donors (Lipinski definition) is 2. The number of nitriles is 1. The first-order valence-electron chi connectivity index (χ1n) is 12.3. The topological polar surface area (TPSA) is 151 Å². The van der Waals surface area contributed by atoms with Crippen LogP contribution in [0, 0.1) is 18.3 Å². The van der Waals surface area contributed by atoms with E-state index in [1.165, 1.54) is 18.3 Å². The molecule has 15 heteroatoms. The van der Waals surface area contributed by atoms with Crippen molar-refractivity contribution in [1.82, 2.24) is 35.5 Å². The van der Waals surface area contributed by atoms with E-state index in [2.05, 4.69) is 49.9 Å². The first-order valence-corrected chi connectivity index (χ1v) is 12.7. The lowest BCUT2D eigenvalue weighted by Gasteiger charge is -2.14. The molecule has 0 bridgehead atoms. The van der Waals surface area contributed by atoms with Gasteiger partial charge in [0.05, 0.1) is 28.6 Å². The molecule has 1 amide bonds. The molecule has 2 aromatic carbocycles. The van der Waals surface area contributed by atoms with E-state index < -0.39 is 17.9 Å². The van der Waals surface area contributed by atoms with Crippen molar-refractivity contribution >= 4 is 29.5 Å². The van der Waals surface area contributed by atoms with Crippen molar-refractivity contribution in [2.24, 2.45) is 0 Å². The Balaban J connectivity index is 0.000000892. The second kappa shape index (κ2) is 13.7. The van der Waals surface area contributed by atoms with Crippen molar-refractivity contribution < 1.29 is 22.8 Å². The average molecular weight is 600 g/mol. The number of aryl methyl sites for hydroxylation is 1. The molecule has 4 aromatic rings. The number of aldehydes is 1. The highest BCUT2D eigenvalue weighted by Crippen LogP contribution is 2.30. The van der Waals surface area contributed by atoms with Gasteiger partial charge in [-0.2, -0.15) is 23.2 Å². The van der Waals surface area contributed by atoms with Crippen molar-refractivity contribution in [3.63, 3.8) is 0 Å². The van der Waals surface area contributed by atoms with Gasteiger partial charge < -0.3 is 10.6 Å². The fourth-order valence-electron chi connectivity index (χ4n) is 3.39. The highest BCUT2D eigenvalue weighted by Gasteiger charge is 2.36. The number of amides is 1. The molecule has 42 heavy (non-hydrogen) atoms. The van der Waals surface area contributed by atoms with E-state index >= 15 is 0 Å². The maximum absolute atomic E-state index is 13.3. The van der Waals surface area contributed by atoms with Gasteiger partial charge in [-0.3, -0.25) is 9.59 Å². The number of nitrogens with zero attached hydrogens (tertiary/aromatic N) is 7. The molecular weight excluding hydrogens is 575 g/mol. The summed E-state index contributed by atoms with van der Waals surface area (Å²) in [6.07, 6.45) is -3.08. The molecule has 0 aliphatic carbocycles. The number of aromatic nitrogens is 6. The largest absolute Gasteiger partial charge is 0.455 e. The van der Waals surface area contributed by atoms with Gasteiger partial charge >= 0.3 is 6.18 Å². The number of anilines is 1. The van der Waals surface area contributed by atoms with Crippen LogP contribution in [-0.4, -0.2) is 55.5 Å². The van der Waals surface area contributed by atoms with Crippen molar-refractivity contribution in [2.45, 2.75) is 39.5 Å². The van der Waals surface area contributed by atoms with Crippen LogP contribution in [0.3, 0.4) is 0 Å². The maximum atomic E-state index is 13.3. The molecule has 0 spiro atoms. The lowest BCUT2D eigenvalue weighted by atomic mass is 10.0. The quantitative estimate of drug-likeness (QED) is 0.288. The molecule has 2 aromatic heterocycles. The van der Waals surface area contributed by atoms with Gasteiger partial charge in [0.25, 0.3) is 11.7 Å². The van der Waals surface area contributed by atoms with Gasteiger partial charge in [0.1, 0.15) is 6.54 Å². The smallest absolute Gasteiger partial charge is 0.321 e. The molecule has 0 aliphatic rings. The predicted molar refractivity (Wildman–Crippen MR) is 148 cm³/mol. The Morgan fingerprint density at radius 3 is 2.50 bits per heavy atom. The van der Waals surface area contributed by atoms with Crippen LogP contribution in [0.1, 0.15) is 57.3 Å². The minimum absolute atomic E-state index is 0.0132. The summed E-state index contributed by atoms with van der Waals surface area (Å²) < 4.78 is 38.4. The number of benzene rings is 2. The zero-order valence-electron chi connectivity index (χ0n) is 22.9. The van der Waals surface area contributed by atoms with Gasteiger partial charge in [-0.15, -0.1) is 10.2 Å². The van der Waals surface area contributed by atoms with Gasteiger partial charge in [0, 0.05) is 28.4 Å². The number of tetrazole rings is 1. The van der Waals surface area contributed by atoms with Crippen molar-refractivity contribution in [2.75, 3.05) is 12.4 Å². The van der Waals surface area contributed by atoms with Crippen LogP contribution in [0.5, 0.6) is 0 Å². The second-order valence-corrected chi connectivity index (χ2v) is 9.46. The Morgan fingerprint density at radius 1 is 1.24 bits per heavy atom. The van der Waals surface area contributed by atoms with Gasteiger partial charge in [0.2, 0.25) is 0 Å². The Hall–Kier alpha value is -4.74.